The van der Waals surface area contributed by atoms with Crippen LogP contribution in [0.3, 0.4) is 0 Å². The van der Waals surface area contributed by atoms with Crippen molar-refractivity contribution >= 4 is 68.6 Å². The molecule has 0 unspecified atom stereocenters. The van der Waals surface area contributed by atoms with Crippen molar-refractivity contribution in [2.24, 2.45) is 0 Å². The molecule has 2 aromatic carbocycles. The Morgan fingerprint density at radius 2 is 1.10 bits per heavy atom. The fourth-order valence-electron chi connectivity index (χ4n) is 3.09. The standard InChI is InChI=1S/C23H21I2N3O2/c1-3-27(22(29)16-10-5-7-12-18(16)24)20-14-9-15-21(26-20)28(4-2)23(30)17-11-6-8-13-19(17)25/h5-15H,3-4H2,1-2H3. The normalized spacial score (nSPS) is 10.5. The van der Waals surface area contributed by atoms with Crippen molar-refractivity contribution in [2.45, 2.75) is 13.8 Å². The minimum Gasteiger partial charge on any atom is -0.293 e. The Bertz CT molecular complexity index is 991. The van der Waals surface area contributed by atoms with Crippen molar-refractivity contribution < 1.29 is 9.59 Å². The summed E-state index contributed by atoms with van der Waals surface area (Å²) in [4.78, 5) is 34.2. The average molecular weight is 625 g/mol. The van der Waals surface area contributed by atoms with Gasteiger partial charge in [0.25, 0.3) is 11.8 Å². The van der Waals surface area contributed by atoms with Crippen LogP contribution in [0.15, 0.2) is 66.7 Å². The van der Waals surface area contributed by atoms with E-state index in [1.54, 1.807) is 21.9 Å². The fourth-order valence-corrected chi connectivity index (χ4v) is 4.33. The fraction of sp³-hybridized carbons (Fsp3) is 0.174. The molecule has 0 saturated heterocycles. The molecular weight excluding hydrogens is 604 g/mol. The number of hydrogen-bond acceptors (Lipinski definition) is 3. The van der Waals surface area contributed by atoms with Gasteiger partial charge in [-0.05, 0) is 95.4 Å². The minimum atomic E-state index is -0.112. The zero-order valence-corrected chi connectivity index (χ0v) is 21.0. The van der Waals surface area contributed by atoms with E-state index in [-0.39, 0.29) is 11.8 Å². The molecule has 0 saturated carbocycles. The van der Waals surface area contributed by atoms with E-state index in [0.717, 1.165) is 7.14 Å². The zero-order valence-electron chi connectivity index (χ0n) is 16.7. The summed E-state index contributed by atoms with van der Waals surface area (Å²) in [6.45, 7) is 4.77. The van der Waals surface area contributed by atoms with Gasteiger partial charge in [0.1, 0.15) is 11.6 Å². The van der Waals surface area contributed by atoms with E-state index < -0.39 is 0 Å². The summed E-state index contributed by atoms with van der Waals surface area (Å²) in [5.41, 5.74) is 1.27. The Kier molecular flexibility index (Phi) is 7.81. The molecule has 0 spiro atoms. The molecule has 0 aliphatic carbocycles. The van der Waals surface area contributed by atoms with Crippen molar-refractivity contribution in [3.63, 3.8) is 0 Å². The maximum Gasteiger partial charge on any atom is 0.260 e. The van der Waals surface area contributed by atoms with Crippen LogP contribution in [0.2, 0.25) is 0 Å². The molecule has 0 aliphatic rings. The first-order chi connectivity index (χ1) is 14.5. The van der Waals surface area contributed by atoms with Gasteiger partial charge in [0.05, 0.1) is 11.1 Å². The van der Waals surface area contributed by atoms with Crippen LogP contribution in [0.1, 0.15) is 34.6 Å². The van der Waals surface area contributed by atoms with Crippen LogP contribution >= 0.6 is 45.2 Å². The summed E-state index contributed by atoms with van der Waals surface area (Å²) in [6.07, 6.45) is 0. The van der Waals surface area contributed by atoms with Gasteiger partial charge in [0.2, 0.25) is 0 Å². The lowest BCUT2D eigenvalue weighted by Crippen LogP contribution is -2.34. The first kappa shape index (κ1) is 22.7. The summed E-state index contributed by atoms with van der Waals surface area (Å²) >= 11 is 4.33. The number of amides is 2. The molecule has 154 valence electrons. The highest BCUT2D eigenvalue weighted by molar-refractivity contribution is 14.1. The van der Waals surface area contributed by atoms with Gasteiger partial charge < -0.3 is 0 Å². The second-order valence-corrected chi connectivity index (χ2v) is 8.74. The number of anilines is 2. The molecule has 0 fully saturated rings. The van der Waals surface area contributed by atoms with Crippen molar-refractivity contribution in [1.82, 2.24) is 4.98 Å². The third-order valence-corrected chi connectivity index (χ3v) is 6.49. The molecule has 5 nitrogen and oxygen atoms in total. The summed E-state index contributed by atoms with van der Waals surface area (Å²) < 4.78 is 1.78. The summed E-state index contributed by atoms with van der Waals surface area (Å²) in [6, 6.07) is 20.4. The van der Waals surface area contributed by atoms with Gasteiger partial charge in [0, 0.05) is 20.2 Å². The van der Waals surface area contributed by atoms with Crippen molar-refractivity contribution in [3.05, 3.63) is 85.0 Å². The van der Waals surface area contributed by atoms with Crippen LogP contribution in [0.4, 0.5) is 11.6 Å². The predicted octanol–water partition coefficient (Wildman–Crippen LogP) is 5.62. The number of benzene rings is 2. The second kappa shape index (κ2) is 10.3. The van der Waals surface area contributed by atoms with Gasteiger partial charge in [-0.1, -0.05) is 30.3 Å². The van der Waals surface area contributed by atoms with E-state index in [9.17, 15) is 9.59 Å². The Balaban J connectivity index is 1.95. The van der Waals surface area contributed by atoms with Crippen molar-refractivity contribution in [2.75, 3.05) is 22.9 Å². The zero-order chi connectivity index (χ0) is 21.7. The first-order valence-corrected chi connectivity index (χ1v) is 11.7. The van der Waals surface area contributed by atoms with Gasteiger partial charge in [-0.2, -0.15) is 0 Å². The van der Waals surface area contributed by atoms with Gasteiger partial charge in [-0.3, -0.25) is 19.4 Å². The van der Waals surface area contributed by atoms with E-state index >= 15 is 0 Å². The van der Waals surface area contributed by atoms with E-state index in [2.05, 4.69) is 50.2 Å². The molecule has 0 radical (unpaired) electrons. The SMILES string of the molecule is CCN(C(=O)c1ccccc1I)c1cccc(N(CC)C(=O)c2ccccc2I)n1. The number of carbonyl (C=O) groups is 2. The summed E-state index contributed by atoms with van der Waals surface area (Å²) in [5.74, 6) is 0.820. The molecule has 0 atom stereocenters. The van der Waals surface area contributed by atoms with E-state index in [1.165, 1.54) is 0 Å². The highest BCUT2D eigenvalue weighted by Gasteiger charge is 2.23. The second-order valence-electron chi connectivity index (χ2n) is 6.41. The average Bonchev–Trinajstić information content (AvgIpc) is 2.75. The van der Waals surface area contributed by atoms with Gasteiger partial charge in [-0.25, -0.2) is 4.98 Å². The monoisotopic (exact) mass is 625 g/mol. The number of nitrogens with zero attached hydrogens (tertiary/aromatic N) is 3. The number of rotatable bonds is 6. The van der Waals surface area contributed by atoms with E-state index in [0.29, 0.717) is 35.9 Å². The summed E-state index contributed by atoms with van der Waals surface area (Å²) in [5, 5.41) is 0. The van der Waals surface area contributed by atoms with Crippen LogP contribution in [0, 0.1) is 7.14 Å². The van der Waals surface area contributed by atoms with Gasteiger partial charge in [-0.15, -0.1) is 0 Å². The predicted molar refractivity (Wildman–Crippen MR) is 137 cm³/mol. The first-order valence-electron chi connectivity index (χ1n) is 9.57. The van der Waals surface area contributed by atoms with Gasteiger partial charge in [0.15, 0.2) is 0 Å². The highest BCUT2D eigenvalue weighted by atomic mass is 127. The third-order valence-electron chi connectivity index (χ3n) is 4.60. The molecule has 2 amide bonds. The maximum atomic E-state index is 13.1. The van der Waals surface area contributed by atoms with Crippen LogP contribution in [-0.4, -0.2) is 29.9 Å². The molecule has 0 N–H and O–H groups in total. The largest absolute Gasteiger partial charge is 0.293 e. The molecule has 0 bridgehead atoms. The smallest absolute Gasteiger partial charge is 0.260 e. The highest BCUT2D eigenvalue weighted by Crippen LogP contribution is 2.23. The molecule has 3 aromatic rings. The molecule has 0 aliphatic heterocycles. The minimum absolute atomic E-state index is 0.112. The van der Waals surface area contributed by atoms with Crippen LogP contribution in [-0.2, 0) is 0 Å². The summed E-state index contributed by atoms with van der Waals surface area (Å²) in [7, 11) is 0. The van der Waals surface area contributed by atoms with E-state index in [1.807, 2.05) is 68.4 Å². The Morgan fingerprint density at radius 1 is 0.700 bits per heavy atom. The Hall–Kier alpha value is -2.01. The Labute approximate surface area is 203 Å². The lowest BCUT2D eigenvalue weighted by atomic mass is 10.2. The quantitative estimate of drug-likeness (QED) is 0.335. The van der Waals surface area contributed by atoms with Crippen LogP contribution in [0.25, 0.3) is 0 Å². The van der Waals surface area contributed by atoms with Crippen molar-refractivity contribution in [1.29, 1.82) is 0 Å². The Morgan fingerprint density at radius 3 is 1.47 bits per heavy atom. The number of halogens is 2. The van der Waals surface area contributed by atoms with Crippen LogP contribution in [0.5, 0.6) is 0 Å². The molecule has 3 rings (SSSR count). The number of pyridine rings is 1. The number of hydrogen-bond donors (Lipinski definition) is 0. The third kappa shape index (κ3) is 4.83. The lowest BCUT2D eigenvalue weighted by molar-refractivity contribution is 0.0981. The number of aromatic nitrogens is 1. The van der Waals surface area contributed by atoms with Gasteiger partial charge >= 0.3 is 0 Å². The molecule has 7 heteroatoms. The van der Waals surface area contributed by atoms with Crippen LogP contribution < -0.4 is 9.80 Å². The molecule has 1 heterocycles. The molecule has 1 aromatic heterocycles. The van der Waals surface area contributed by atoms with Crippen molar-refractivity contribution in [3.8, 4) is 0 Å². The lowest BCUT2D eigenvalue weighted by Gasteiger charge is -2.24. The molecular formula is C23H21I2N3O2. The molecule has 30 heavy (non-hydrogen) atoms. The van der Waals surface area contributed by atoms with E-state index in [4.69, 9.17) is 0 Å². The number of carbonyl (C=O) groups excluding carboxylic acids is 2. The maximum absolute atomic E-state index is 13.1. The topological polar surface area (TPSA) is 53.5 Å².